The van der Waals surface area contributed by atoms with Gasteiger partial charge in [-0.1, -0.05) is 0 Å². The summed E-state index contributed by atoms with van der Waals surface area (Å²) in [6.07, 6.45) is 3.12. The Morgan fingerprint density at radius 2 is 2.21 bits per heavy atom. The molecule has 1 amide bonds. The van der Waals surface area contributed by atoms with Crippen LogP contribution in [0.2, 0.25) is 0 Å². The van der Waals surface area contributed by atoms with Gasteiger partial charge in [0.25, 0.3) is 0 Å². The van der Waals surface area contributed by atoms with E-state index in [0.29, 0.717) is 19.2 Å². The maximum Gasteiger partial charge on any atom is 0.228 e. The van der Waals surface area contributed by atoms with E-state index in [1.165, 1.54) is 0 Å². The molecule has 2 bridgehead atoms. The Hall–Kier alpha value is -0.650. The van der Waals surface area contributed by atoms with E-state index in [9.17, 15) is 9.90 Å². The second-order valence-corrected chi connectivity index (χ2v) is 6.62. The van der Waals surface area contributed by atoms with Crippen molar-refractivity contribution in [3.05, 3.63) is 0 Å². The van der Waals surface area contributed by atoms with Gasteiger partial charge in [0.15, 0.2) is 0 Å². The summed E-state index contributed by atoms with van der Waals surface area (Å²) in [6, 6.07) is 0. The summed E-state index contributed by atoms with van der Waals surface area (Å²) >= 11 is 0. The van der Waals surface area contributed by atoms with Gasteiger partial charge in [-0.2, -0.15) is 0 Å². The fourth-order valence-electron chi connectivity index (χ4n) is 3.69. The van der Waals surface area contributed by atoms with Gasteiger partial charge in [0.1, 0.15) is 0 Å². The molecule has 5 heteroatoms. The van der Waals surface area contributed by atoms with Crippen molar-refractivity contribution < 1.29 is 19.4 Å². The molecule has 3 fully saturated rings. The number of carbonyl (C=O) groups excluding carboxylic acids is 1. The monoisotopic (exact) mass is 269 g/mol. The number of aliphatic hydroxyl groups is 1. The van der Waals surface area contributed by atoms with E-state index in [2.05, 4.69) is 0 Å². The van der Waals surface area contributed by atoms with Crippen molar-refractivity contribution in [3.63, 3.8) is 0 Å². The van der Waals surface area contributed by atoms with Gasteiger partial charge in [-0.3, -0.25) is 4.79 Å². The Kier molecular flexibility index (Phi) is 3.31. The van der Waals surface area contributed by atoms with Gasteiger partial charge >= 0.3 is 0 Å². The van der Waals surface area contributed by atoms with Crippen LogP contribution >= 0.6 is 0 Å². The highest BCUT2D eigenvalue weighted by Crippen LogP contribution is 2.40. The van der Waals surface area contributed by atoms with Crippen LogP contribution < -0.4 is 0 Å². The van der Waals surface area contributed by atoms with Gasteiger partial charge in [0.2, 0.25) is 5.91 Å². The van der Waals surface area contributed by atoms with Crippen LogP contribution in [0.25, 0.3) is 0 Å². The SMILES string of the molecule is CC1(C)CN(C(=O)[C@@H]2C[C@H]3CC[C@@H]2O3)CC(CO)O1. The van der Waals surface area contributed by atoms with Crippen LogP contribution in [0.15, 0.2) is 0 Å². The van der Waals surface area contributed by atoms with E-state index in [1.807, 2.05) is 18.7 Å². The molecular weight excluding hydrogens is 246 g/mol. The number of ether oxygens (including phenoxy) is 2. The van der Waals surface area contributed by atoms with E-state index in [1.54, 1.807) is 0 Å². The molecule has 19 heavy (non-hydrogen) atoms. The second-order valence-electron chi connectivity index (χ2n) is 6.62. The highest BCUT2D eigenvalue weighted by atomic mass is 16.5. The smallest absolute Gasteiger partial charge is 0.228 e. The maximum atomic E-state index is 12.6. The summed E-state index contributed by atoms with van der Waals surface area (Å²) in [5, 5.41) is 9.31. The molecule has 0 spiro atoms. The van der Waals surface area contributed by atoms with Crippen LogP contribution in [0.4, 0.5) is 0 Å². The molecule has 4 atom stereocenters. The predicted molar refractivity (Wildman–Crippen MR) is 68.6 cm³/mol. The van der Waals surface area contributed by atoms with Crippen molar-refractivity contribution in [2.45, 2.75) is 57.0 Å². The molecule has 0 aromatic rings. The third-order valence-corrected chi connectivity index (χ3v) is 4.42. The highest BCUT2D eigenvalue weighted by molar-refractivity contribution is 5.80. The van der Waals surface area contributed by atoms with Crippen LogP contribution in [0.3, 0.4) is 0 Å². The predicted octanol–water partition coefficient (Wildman–Crippen LogP) is 0.552. The van der Waals surface area contributed by atoms with Gasteiger partial charge in [-0.25, -0.2) is 0 Å². The molecule has 0 radical (unpaired) electrons. The van der Waals surface area contributed by atoms with Crippen LogP contribution in [-0.4, -0.2) is 59.5 Å². The lowest BCUT2D eigenvalue weighted by Crippen LogP contribution is -2.57. The first kappa shape index (κ1) is 13.3. The first-order valence-corrected chi connectivity index (χ1v) is 7.21. The van der Waals surface area contributed by atoms with Crippen molar-refractivity contribution in [1.82, 2.24) is 4.90 Å². The van der Waals surface area contributed by atoms with Crippen molar-refractivity contribution in [3.8, 4) is 0 Å². The number of rotatable bonds is 2. The molecule has 3 heterocycles. The zero-order valence-electron chi connectivity index (χ0n) is 11.7. The van der Waals surface area contributed by atoms with E-state index >= 15 is 0 Å². The summed E-state index contributed by atoms with van der Waals surface area (Å²) in [5.41, 5.74) is -0.389. The van der Waals surface area contributed by atoms with Crippen LogP contribution in [0.5, 0.6) is 0 Å². The Morgan fingerprint density at radius 1 is 1.42 bits per heavy atom. The molecule has 3 aliphatic rings. The maximum absolute atomic E-state index is 12.6. The largest absolute Gasteiger partial charge is 0.394 e. The Balaban J connectivity index is 1.69. The Bertz CT molecular complexity index is 370. The number of morpholine rings is 1. The van der Waals surface area contributed by atoms with E-state index in [-0.39, 0.29) is 36.2 Å². The molecule has 5 nitrogen and oxygen atoms in total. The van der Waals surface area contributed by atoms with Crippen molar-refractivity contribution in [2.75, 3.05) is 19.7 Å². The summed E-state index contributed by atoms with van der Waals surface area (Å²) in [5.74, 6) is 0.203. The standard InChI is InChI=1S/C14H23NO4/c1-14(2)8-15(6-10(7-16)19-14)13(17)11-5-9-3-4-12(11)18-9/h9-12,16H,3-8H2,1-2H3/t9-,10?,11-,12+/m1/s1. The lowest BCUT2D eigenvalue weighted by Gasteiger charge is -2.43. The molecule has 1 unspecified atom stereocenters. The van der Waals surface area contributed by atoms with E-state index in [4.69, 9.17) is 9.47 Å². The van der Waals surface area contributed by atoms with Crippen molar-refractivity contribution in [2.24, 2.45) is 5.92 Å². The molecule has 0 aromatic heterocycles. The number of carbonyl (C=O) groups is 1. The van der Waals surface area contributed by atoms with E-state index in [0.717, 1.165) is 19.3 Å². The number of nitrogens with zero attached hydrogens (tertiary/aromatic N) is 1. The first-order valence-electron chi connectivity index (χ1n) is 7.21. The molecule has 3 saturated heterocycles. The average molecular weight is 269 g/mol. The van der Waals surface area contributed by atoms with Crippen molar-refractivity contribution in [1.29, 1.82) is 0 Å². The second kappa shape index (κ2) is 4.72. The van der Waals surface area contributed by atoms with Gasteiger partial charge < -0.3 is 19.5 Å². The normalized spacial score (nSPS) is 40.7. The van der Waals surface area contributed by atoms with Crippen LogP contribution in [0, 0.1) is 5.92 Å². The first-order chi connectivity index (χ1) is 8.98. The minimum atomic E-state index is -0.389. The quantitative estimate of drug-likeness (QED) is 0.795. The molecule has 0 aliphatic carbocycles. The molecule has 0 aromatic carbocycles. The number of fused-ring (bicyclic) bond motifs is 2. The molecule has 0 saturated carbocycles. The Morgan fingerprint density at radius 3 is 2.79 bits per heavy atom. The number of hydrogen-bond acceptors (Lipinski definition) is 4. The molecule has 3 aliphatic heterocycles. The molecule has 1 N–H and O–H groups in total. The van der Waals surface area contributed by atoms with Gasteiger partial charge in [0.05, 0.1) is 36.4 Å². The fraction of sp³-hybridized carbons (Fsp3) is 0.929. The fourth-order valence-corrected chi connectivity index (χ4v) is 3.69. The molecular formula is C14H23NO4. The Labute approximate surface area is 113 Å². The summed E-state index contributed by atoms with van der Waals surface area (Å²) < 4.78 is 11.5. The van der Waals surface area contributed by atoms with E-state index < -0.39 is 0 Å². The summed E-state index contributed by atoms with van der Waals surface area (Å²) in [7, 11) is 0. The highest BCUT2D eigenvalue weighted by Gasteiger charge is 2.47. The number of amides is 1. The zero-order chi connectivity index (χ0) is 13.6. The minimum absolute atomic E-state index is 0.0204. The molecule has 108 valence electrons. The molecule has 3 rings (SSSR count). The van der Waals surface area contributed by atoms with Crippen LogP contribution in [0.1, 0.15) is 33.1 Å². The lowest BCUT2D eigenvalue weighted by atomic mass is 9.87. The van der Waals surface area contributed by atoms with Gasteiger partial charge in [-0.05, 0) is 33.1 Å². The summed E-state index contributed by atoms with van der Waals surface area (Å²) in [4.78, 5) is 14.5. The summed E-state index contributed by atoms with van der Waals surface area (Å²) in [6.45, 7) is 4.97. The third-order valence-electron chi connectivity index (χ3n) is 4.42. The minimum Gasteiger partial charge on any atom is -0.394 e. The van der Waals surface area contributed by atoms with Gasteiger partial charge in [0, 0.05) is 13.1 Å². The lowest BCUT2D eigenvalue weighted by molar-refractivity contribution is -0.170. The average Bonchev–Trinajstić information content (AvgIpc) is 2.98. The number of aliphatic hydroxyl groups excluding tert-OH is 1. The van der Waals surface area contributed by atoms with Gasteiger partial charge in [-0.15, -0.1) is 0 Å². The van der Waals surface area contributed by atoms with Crippen molar-refractivity contribution >= 4 is 5.91 Å². The third kappa shape index (κ3) is 2.51. The number of hydrogen-bond donors (Lipinski definition) is 1. The topological polar surface area (TPSA) is 59.0 Å². The zero-order valence-corrected chi connectivity index (χ0v) is 11.7. The van der Waals surface area contributed by atoms with Crippen LogP contribution in [-0.2, 0) is 14.3 Å².